The fourth-order valence-electron chi connectivity index (χ4n) is 3.99. The van der Waals surface area contributed by atoms with Crippen molar-refractivity contribution in [2.75, 3.05) is 31.6 Å². The molecule has 2 fully saturated rings. The monoisotopic (exact) mass is 422 g/mol. The average Bonchev–Trinajstić information content (AvgIpc) is 3.32. The molecule has 1 N–H and O–H groups in total. The topological polar surface area (TPSA) is 67.9 Å². The molecule has 6 nitrogen and oxygen atoms in total. The average molecular weight is 423 g/mol. The molecule has 2 aromatic carbocycles. The number of hydrogen-bond donors (Lipinski definition) is 1. The largest absolute Gasteiger partial charge is 0.491 e. The Morgan fingerprint density at radius 2 is 1.84 bits per heavy atom. The molecule has 2 heterocycles. The Morgan fingerprint density at radius 1 is 1.06 bits per heavy atom. The van der Waals surface area contributed by atoms with Crippen LogP contribution >= 0.6 is 0 Å². The van der Waals surface area contributed by atoms with Crippen LogP contribution in [0, 0.1) is 5.92 Å². The normalized spacial score (nSPS) is 19.3. The quantitative estimate of drug-likeness (QED) is 0.751. The molecule has 2 aliphatic heterocycles. The van der Waals surface area contributed by atoms with Gasteiger partial charge in [0, 0.05) is 36.5 Å². The minimum Gasteiger partial charge on any atom is -0.491 e. The summed E-state index contributed by atoms with van der Waals surface area (Å²) in [6.07, 6.45) is 4.34. The highest BCUT2D eigenvalue weighted by Crippen LogP contribution is 2.21. The van der Waals surface area contributed by atoms with E-state index >= 15 is 0 Å². The molecule has 0 aliphatic carbocycles. The number of nitrogens with zero attached hydrogens (tertiary/aromatic N) is 1. The van der Waals surface area contributed by atoms with Crippen molar-refractivity contribution in [1.82, 2.24) is 4.90 Å². The molecule has 31 heavy (non-hydrogen) atoms. The number of amides is 2. The molecule has 0 aromatic heterocycles. The third kappa shape index (κ3) is 5.64. The third-order valence-electron chi connectivity index (χ3n) is 6.01. The fraction of sp³-hybridized carbons (Fsp3) is 0.440. The standard InChI is InChI=1S/C25H30N2O4/c1-18-11-13-27(14-12-18)25(29)20-4-2-5-21(16-20)26-24(28)19-7-9-22(10-8-19)31-17-23-6-3-15-30-23/h2,4-5,7-10,16,18,23H,3,6,11-15,17H2,1H3,(H,26,28). The van der Waals surface area contributed by atoms with E-state index in [0.29, 0.717) is 29.3 Å². The van der Waals surface area contributed by atoms with Crippen LogP contribution < -0.4 is 10.1 Å². The maximum atomic E-state index is 12.8. The first kappa shape index (κ1) is 21.4. The molecule has 1 unspecified atom stereocenters. The van der Waals surface area contributed by atoms with Crippen molar-refractivity contribution in [2.45, 2.75) is 38.7 Å². The number of piperidine rings is 1. The number of carbonyl (C=O) groups is 2. The van der Waals surface area contributed by atoms with E-state index in [9.17, 15) is 9.59 Å². The Labute approximate surface area is 183 Å². The zero-order chi connectivity index (χ0) is 21.6. The zero-order valence-corrected chi connectivity index (χ0v) is 18.0. The van der Waals surface area contributed by atoms with Crippen molar-refractivity contribution in [3.05, 3.63) is 59.7 Å². The zero-order valence-electron chi connectivity index (χ0n) is 18.0. The summed E-state index contributed by atoms with van der Waals surface area (Å²) < 4.78 is 11.3. The Kier molecular flexibility index (Phi) is 6.87. The van der Waals surface area contributed by atoms with Crippen molar-refractivity contribution in [1.29, 1.82) is 0 Å². The molecule has 4 rings (SSSR count). The molecule has 0 saturated carbocycles. The van der Waals surface area contributed by atoms with Gasteiger partial charge in [-0.15, -0.1) is 0 Å². The van der Waals surface area contributed by atoms with E-state index < -0.39 is 0 Å². The summed E-state index contributed by atoms with van der Waals surface area (Å²) in [5, 5.41) is 2.89. The van der Waals surface area contributed by atoms with Crippen LogP contribution in [0.5, 0.6) is 5.75 Å². The van der Waals surface area contributed by atoms with Crippen molar-refractivity contribution in [3.63, 3.8) is 0 Å². The number of hydrogen-bond acceptors (Lipinski definition) is 4. The molecular weight excluding hydrogens is 392 g/mol. The molecule has 0 radical (unpaired) electrons. The van der Waals surface area contributed by atoms with Gasteiger partial charge in [-0.05, 0) is 74.1 Å². The van der Waals surface area contributed by atoms with Crippen LogP contribution in [-0.4, -0.2) is 49.1 Å². The molecule has 2 aliphatic rings. The minimum absolute atomic E-state index is 0.0238. The van der Waals surface area contributed by atoms with Crippen LogP contribution in [0.1, 0.15) is 53.3 Å². The van der Waals surface area contributed by atoms with E-state index in [-0.39, 0.29) is 17.9 Å². The Morgan fingerprint density at radius 3 is 2.55 bits per heavy atom. The summed E-state index contributed by atoms with van der Waals surface area (Å²) in [6.45, 7) is 5.13. The summed E-state index contributed by atoms with van der Waals surface area (Å²) >= 11 is 0. The van der Waals surface area contributed by atoms with Crippen molar-refractivity contribution in [3.8, 4) is 5.75 Å². The smallest absolute Gasteiger partial charge is 0.255 e. The lowest BCUT2D eigenvalue weighted by Gasteiger charge is -2.30. The van der Waals surface area contributed by atoms with Gasteiger partial charge in [0.05, 0.1) is 6.10 Å². The van der Waals surface area contributed by atoms with E-state index in [4.69, 9.17) is 9.47 Å². The number of likely N-dealkylation sites (tertiary alicyclic amines) is 1. The van der Waals surface area contributed by atoms with E-state index in [0.717, 1.165) is 51.1 Å². The first-order valence-electron chi connectivity index (χ1n) is 11.1. The van der Waals surface area contributed by atoms with Gasteiger partial charge in [0.15, 0.2) is 0 Å². The molecule has 164 valence electrons. The van der Waals surface area contributed by atoms with Gasteiger partial charge in [0.2, 0.25) is 0 Å². The van der Waals surface area contributed by atoms with E-state index in [1.54, 1.807) is 48.5 Å². The van der Waals surface area contributed by atoms with Gasteiger partial charge >= 0.3 is 0 Å². The predicted molar refractivity (Wildman–Crippen MR) is 120 cm³/mol. The van der Waals surface area contributed by atoms with Crippen LogP contribution in [0.4, 0.5) is 5.69 Å². The molecular formula is C25H30N2O4. The van der Waals surface area contributed by atoms with E-state index in [2.05, 4.69) is 12.2 Å². The molecule has 2 aromatic rings. The lowest BCUT2D eigenvalue weighted by atomic mass is 9.98. The summed E-state index contributed by atoms with van der Waals surface area (Å²) in [4.78, 5) is 27.3. The van der Waals surface area contributed by atoms with Gasteiger partial charge in [0.1, 0.15) is 12.4 Å². The Hall–Kier alpha value is -2.86. The summed E-state index contributed by atoms with van der Waals surface area (Å²) in [5.41, 5.74) is 1.75. The maximum absolute atomic E-state index is 12.8. The Balaban J connectivity index is 1.33. The molecule has 6 heteroatoms. The fourth-order valence-corrected chi connectivity index (χ4v) is 3.99. The van der Waals surface area contributed by atoms with Crippen molar-refractivity contribution in [2.24, 2.45) is 5.92 Å². The first-order valence-corrected chi connectivity index (χ1v) is 11.1. The lowest BCUT2D eigenvalue weighted by molar-refractivity contribution is 0.0679. The second-order valence-corrected chi connectivity index (χ2v) is 8.48. The highest BCUT2D eigenvalue weighted by Gasteiger charge is 2.21. The van der Waals surface area contributed by atoms with Crippen molar-refractivity contribution >= 4 is 17.5 Å². The van der Waals surface area contributed by atoms with Crippen LogP contribution in [0.25, 0.3) is 0 Å². The lowest BCUT2D eigenvalue weighted by Crippen LogP contribution is -2.37. The first-order chi connectivity index (χ1) is 15.1. The van der Waals surface area contributed by atoms with E-state index in [1.165, 1.54) is 0 Å². The molecule has 1 atom stereocenters. The highest BCUT2D eigenvalue weighted by molar-refractivity contribution is 6.05. The third-order valence-corrected chi connectivity index (χ3v) is 6.01. The number of carbonyl (C=O) groups excluding carboxylic acids is 2. The van der Waals surface area contributed by atoms with Gasteiger partial charge in [-0.2, -0.15) is 0 Å². The van der Waals surface area contributed by atoms with Gasteiger partial charge in [-0.25, -0.2) is 0 Å². The Bertz CT molecular complexity index is 898. The maximum Gasteiger partial charge on any atom is 0.255 e. The summed E-state index contributed by atoms with van der Waals surface area (Å²) in [7, 11) is 0. The van der Waals surface area contributed by atoms with Gasteiger partial charge in [-0.3, -0.25) is 9.59 Å². The van der Waals surface area contributed by atoms with Crippen LogP contribution in [0.15, 0.2) is 48.5 Å². The van der Waals surface area contributed by atoms with Gasteiger partial charge < -0.3 is 19.7 Å². The second-order valence-electron chi connectivity index (χ2n) is 8.48. The van der Waals surface area contributed by atoms with Crippen molar-refractivity contribution < 1.29 is 19.1 Å². The summed E-state index contributed by atoms with van der Waals surface area (Å²) in [5.74, 6) is 1.19. The molecule has 0 bridgehead atoms. The van der Waals surface area contributed by atoms with Gasteiger partial charge in [-0.1, -0.05) is 13.0 Å². The molecule has 2 amide bonds. The number of benzene rings is 2. The molecule has 2 saturated heterocycles. The highest BCUT2D eigenvalue weighted by atomic mass is 16.5. The summed E-state index contributed by atoms with van der Waals surface area (Å²) in [6, 6.07) is 14.2. The number of anilines is 1. The predicted octanol–water partition coefficient (Wildman–Crippen LogP) is 4.37. The SMILES string of the molecule is CC1CCN(C(=O)c2cccc(NC(=O)c3ccc(OCC4CCCO4)cc3)c2)CC1. The minimum atomic E-state index is -0.220. The van der Waals surface area contributed by atoms with Crippen LogP contribution in [0.2, 0.25) is 0 Å². The van der Waals surface area contributed by atoms with Crippen LogP contribution in [-0.2, 0) is 4.74 Å². The molecule has 0 spiro atoms. The second kappa shape index (κ2) is 9.96. The number of rotatable bonds is 6. The van der Waals surface area contributed by atoms with Crippen LogP contribution in [0.3, 0.4) is 0 Å². The number of ether oxygens (including phenoxy) is 2. The van der Waals surface area contributed by atoms with Gasteiger partial charge in [0.25, 0.3) is 11.8 Å². The van der Waals surface area contributed by atoms with E-state index in [1.807, 2.05) is 4.90 Å². The number of nitrogens with one attached hydrogen (secondary N) is 1.